The molecule has 6 nitrogen and oxygen atoms in total. The summed E-state index contributed by atoms with van der Waals surface area (Å²) in [5.41, 5.74) is -0.408. The third kappa shape index (κ3) is 4.39. The summed E-state index contributed by atoms with van der Waals surface area (Å²) in [6.45, 7) is 0.839. The van der Waals surface area contributed by atoms with Crippen molar-refractivity contribution in [2.75, 3.05) is 13.2 Å². The number of carbonyl (C=O) groups is 1. The highest BCUT2D eigenvalue weighted by Crippen LogP contribution is 2.39. The predicted molar refractivity (Wildman–Crippen MR) is 108 cm³/mol. The van der Waals surface area contributed by atoms with Crippen LogP contribution in [0.5, 0.6) is 5.75 Å². The van der Waals surface area contributed by atoms with Crippen LogP contribution in [0.4, 0.5) is 4.39 Å². The molecule has 0 aromatic heterocycles. The Kier molecular flexibility index (Phi) is 6.04. The van der Waals surface area contributed by atoms with Crippen LogP contribution in [0.2, 0.25) is 5.02 Å². The van der Waals surface area contributed by atoms with Gasteiger partial charge in [0.25, 0.3) is 5.91 Å². The number of fused-ring (bicyclic) bond motifs is 1. The highest BCUT2D eigenvalue weighted by atomic mass is 35.5. The van der Waals surface area contributed by atoms with Crippen LogP contribution in [-0.2, 0) is 10.2 Å². The summed E-state index contributed by atoms with van der Waals surface area (Å²) in [5, 5.41) is 0.0870. The van der Waals surface area contributed by atoms with Gasteiger partial charge in [0, 0.05) is 18.7 Å². The van der Waals surface area contributed by atoms with E-state index >= 15 is 0 Å². The first kappa shape index (κ1) is 20.9. The lowest BCUT2D eigenvalue weighted by molar-refractivity contribution is 0.0974. The van der Waals surface area contributed by atoms with Gasteiger partial charge in [-0.1, -0.05) is 30.9 Å². The molecule has 3 fully saturated rings. The van der Waals surface area contributed by atoms with Crippen LogP contribution in [0.1, 0.15) is 61.7 Å². The second kappa shape index (κ2) is 8.40. The molecule has 0 spiro atoms. The quantitative estimate of drug-likeness (QED) is 0.722. The number of nitrogens with one attached hydrogen (secondary N) is 1. The average Bonchev–Trinajstić information content (AvgIpc) is 3.39. The molecule has 1 heterocycles. The van der Waals surface area contributed by atoms with Crippen molar-refractivity contribution in [3.05, 3.63) is 28.5 Å². The predicted octanol–water partition coefficient (Wildman–Crippen LogP) is 3.90. The fraction of sp³-hybridized carbons (Fsp3) is 0.650. The Labute approximate surface area is 175 Å². The summed E-state index contributed by atoms with van der Waals surface area (Å²) in [6, 6.07) is 2.12. The lowest BCUT2D eigenvalue weighted by atomic mass is 10.1. The standard InChI is InChI=1S/C20H26ClFN2O4S/c21-16-10-15(17(22)11-19(16)28-12-13-4-1-2-5-13)20(25)23-29(26,27)24-9-8-14-6-3-7-18(14)24/h10-11,13-14,18H,1-9,12H2,(H,23,25). The molecule has 1 aromatic carbocycles. The summed E-state index contributed by atoms with van der Waals surface area (Å²) >= 11 is 6.17. The van der Waals surface area contributed by atoms with Crippen LogP contribution in [0.25, 0.3) is 0 Å². The van der Waals surface area contributed by atoms with Gasteiger partial charge in [-0.05, 0) is 50.0 Å². The van der Waals surface area contributed by atoms with E-state index < -0.39 is 27.5 Å². The van der Waals surface area contributed by atoms with E-state index in [2.05, 4.69) is 0 Å². The first-order valence-corrected chi connectivity index (χ1v) is 12.1. The average molecular weight is 445 g/mol. The molecule has 1 aliphatic heterocycles. The van der Waals surface area contributed by atoms with E-state index in [1.807, 2.05) is 4.72 Å². The number of hydrogen-bond acceptors (Lipinski definition) is 4. The number of hydrogen-bond donors (Lipinski definition) is 1. The van der Waals surface area contributed by atoms with E-state index in [1.165, 1.54) is 17.1 Å². The molecule has 29 heavy (non-hydrogen) atoms. The molecule has 160 valence electrons. The van der Waals surface area contributed by atoms with Gasteiger partial charge >= 0.3 is 10.2 Å². The van der Waals surface area contributed by atoms with Crippen molar-refractivity contribution in [2.24, 2.45) is 11.8 Å². The monoisotopic (exact) mass is 444 g/mol. The van der Waals surface area contributed by atoms with Gasteiger partial charge in [0.1, 0.15) is 11.6 Å². The van der Waals surface area contributed by atoms with Gasteiger partial charge in [-0.25, -0.2) is 9.11 Å². The van der Waals surface area contributed by atoms with Gasteiger partial charge in [-0.2, -0.15) is 12.7 Å². The maximum absolute atomic E-state index is 14.5. The van der Waals surface area contributed by atoms with E-state index in [-0.39, 0.29) is 16.8 Å². The van der Waals surface area contributed by atoms with Gasteiger partial charge in [0.05, 0.1) is 17.2 Å². The van der Waals surface area contributed by atoms with Crippen LogP contribution in [-0.4, -0.2) is 37.8 Å². The first-order chi connectivity index (χ1) is 13.8. The van der Waals surface area contributed by atoms with Crippen molar-refractivity contribution >= 4 is 27.7 Å². The number of ether oxygens (including phenoxy) is 1. The molecule has 1 amide bonds. The fourth-order valence-electron chi connectivity index (χ4n) is 4.92. The number of rotatable bonds is 6. The lowest BCUT2D eigenvalue weighted by Gasteiger charge is -2.23. The Bertz CT molecular complexity index is 889. The van der Waals surface area contributed by atoms with E-state index in [4.69, 9.17) is 16.3 Å². The van der Waals surface area contributed by atoms with Crippen molar-refractivity contribution < 1.29 is 22.3 Å². The van der Waals surface area contributed by atoms with Crippen molar-refractivity contribution in [3.63, 3.8) is 0 Å². The third-order valence-electron chi connectivity index (χ3n) is 6.46. The Hall–Kier alpha value is -1.38. The zero-order valence-corrected chi connectivity index (χ0v) is 17.8. The number of halogens is 2. The number of amides is 1. The molecule has 2 atom stereocenters. The van der Waals surface area contributed by atoms with Gasteiger partial charge in [0.15, 0.2) is 0 Å². The van der Waals surface area contributed by atoms with Gasteiger partial charge in [-0.3, -0.25) is 4.79 Å². The van der Waals surface area contributed by atoms with E-state index in [9.17, 15) is 17.6 Å². The van der Waals surface area contributed by atoms with Crippen molar-refractivity contribution in [1.29, 1.82) is 0 Å². The SMILES string of the molecule is O=C(NS(=O)(=O)N1CCC2CCCC21)c1cc(Cl)c(OCC2CCCC2)cc1F. The molecule has 0 bridgehead atoms. The minimum Gasteiger partial charge on any atom is -0.492 e. The molecule has 1 aromatic rings. The molecular weight excluding hydrogens is 419 g/mol. The van der Waals surface area contributed by atoms with Gasteiger partial charge < -0.3 is 4.74 Å². The number of carbonyl (C=O) groups excluding carboxylic acids is 1. The second-order valence-corrected chi connectivity index (χ2v) is 10.3. The number of nitrogens with zero attached hydrogens (tertiary/aromatic N) is 1. The summed E-state index contributed by atoms with van der Waals surface area (Å²) in [7, 11) is -4.03. The van der Waals surface area contributed by atoms with Crippen molar-refractivity contribution in [3.8, 4) is 5.75 Å². The van der Waals surface area contributed by atoms with Crippen molar-refractivity contribution in [1.82, 2.24) is 9.03 Å². The second-order valence-electron chi connectivity index (χ2n) is 8.32. The van der Waals surface area contributed by atoms with E-state index in [0.29, 0.717) is 25.0 Å². The summed E-state index contributed by atoms with van der Waals surface area (Å²) in [4.78, 5) is 12.5. The van der Waals surface area contributed by atoms with Crippen LogP contribution in [0, 0.1) is 17.7 Å². The third-order valence-corrected chi connectivity index (χ3v) is 8.26. The Morgan fingerprint density at radius 2 is 1.93 bits per heavy atom. The molecule has 2 saturated carbocycles. The molecule has 9 heteroatoms. The molecule has 0 radical (unpaired) electrons. The van der Waals surface area contributed by atoms with Crippen LogP contribution in [0.15, 0.2) is 12.1 Å². The van der Waals surface area contributed by atoms with Crippen molar-refractivity contribution in [2.45, 2.75) is 57.4 Å². The smallest absolute Gasteiger partial charge is 0.304 e. The van der Waals surface area contributed by atoms with Crippen LogP contribution in [0.3, 0.4) is 0 Å². The summed E-state index contributed by atoms with van der Waals surface area (Å²) < 4.78 is 48.9. The largest absolute Gasteiger partial charge is 0.492 e. The lowest BCUT2D eigenvalue weighted by Crippen LogP contribution is -2.46. The maximum Gasteiger partial charge on any atom is 0.304 e. The topological polar surface area (TPSA) is 75.7 Å². The molecule has 1 N–H and O–H groups in total. The molecular formula is C20H26ClFN2O4S. The molecule has 3 aliphatic rings. The highest BCUT2D eigenvalue weighted by Gasteiger charge is 2.43. The zero-order chi connectivity index (χ0) is 20.6. The van der Waals surface area contributed by atoms with Gasteiger partial charge in [-0.15, -0.1) is 0 Å². The Morgan fingerprint density at radius 1 is 1.17 bits per heavy atom. The number of benzene rings is 1. The summed E-state index contributed by atoms with van der Waals surface area (Å²) in [5.74, 6) is -0.924. The minimum absolute atomic E-state index is 0.0694. The normalized spacial score (nSPS) is 25.3. The molecule has 1 saturated heterocycles. The van der Waals surface area contributed by atoms with Gasteiger partial charge in [0.2, 0.25) is 0 Å². The van der Waals surface area contributed by atoms with Crippen LogP contribution >= 0.6 is 11.6 Å². The maximum atomic E-state index is 14.5. The first-order valence-electron chi connectivity index (χ1n) is 10.3. The minimum atomic E-state index is -4.03. The molecule has 4 rings (SSSR count). The van der Waals surface area contributed by atoms with Crippen LogP contribution < -0.4 is 9.46 Å². The van der Waals surface area contributed by atoms with E-state index in [0.717, 1.165) is 50.7 Å². The fourth-order valence-corrected chi connectivity index (χ4v) is 6.58. The highest BCUT2D eigenvalue weighted by molar-refractivity contribution is 7.87. The summed E-state index contributed by atoms with van der Waals surface area (Å²) in [6.07, 6.45) is 8.09. The Balaban J connectivity index is 1.44. The zero-order valence-electron chi connectivity index (χ0n) is 16.2. The molecule has 2 unspecified atom stereocenters. The van der Waals surface area contributed by atoms with E-state index in [1.54, 1.807) is 0 Å². The Morgan fingerprint density at radius 3 is 2.69 bits per heavy atom. The molecule has 2 aliphatic carbocycles.